The number of nitro benzene ring substituents is 1. The zero-order valence-corrected chi connectivity index (χ0v) is 13.8. The molecule has 2 aromatic rings. The fourth-order valence-corrected chi connectivity index (χ4v) is 2.97. The molecule has 0 bridgehead atoms. The molecule has 1 saturated heterocycles. The summed E-state index contributed by atoms with van der Waals surface area (Å²) >= 11 is 1.21. The Morgan fingerprint density at radius 2 is 2.21 bits per heavy atom. The SMILES string of the molecule is Cn1cnnc1Sc1ccc(/C=N\N2CCOCC2)cc1[N+](=O)[O-]. The lowest BCUT2D eigenvalue weighted by atomic mass is 10.2. The average molecular weight is 348 g/mol. The van der Waals surface area contributed by atoms with E-state index in [9.17, 15) is 10.1 Å². The molecule has 0 spiro atoms. The maximum Gasteiger partial charge on any atom is 0.283 e. The van der Waals surface area contributed by atoms with E-state index >= 15 is 0 Å². The lowest BCUT2D eigenvalue weighted by molar-refractivity contribution is -0.387. The van der Waals surface area contributed by atoms with E-state index in [1.165, 1.54) is 17.8 Å². The van der Waals surface area contributed by atoms with Crippen LogP contribution in [-0.4, -0.2) is 57.2 Å². The van der Waals surface area contributed by atoms with Crippen LogP contribution < -0.4 is 0 Å². The van der Waals surface area contributed by atoms with Gasteiger partial charge in [-0.05, 0) is 17.8 Å². The topological polar surface area (TPSA) is 98.7 Å². The van der Waals surface area contributed by atoms with Crippen molar-refractivity contribution in [3.05, 3.63) is 40.2 Å². The predicted molar refractivity (Wildman–Crippen MR) is 88.2 cm³/mol. The minimum absolute atomic E-state index is 0.0222. The third-order valence-electron chi connectivity index (χ3n) is 3.41. The minimum Gasteiger partial charge on any atom is -0.378 e. The smallest absolute Gasteiger partial charge is 0.283 e. The van der Waals surface area contributed by atoms with Gasteiger partial charge in [-0.1, -0.05) is 6.07 Å². The second-order valence-electron chi connectivity index (χ2n) is 5.12. The molecule has 1 aliphatic rings. The second-order valence-corrected chi connectivity index (χ2v) is 6.13. The standard InChI is InChI=1S/C14H16N6O3S/c1-18-10-15-17-14(18)24-13-3-2-11(8-12(13)20(21)22)9-16-19-4-6-23-7-5-19/h2-3,8-10H,4-7H2,1H3/b16-9-. The van der Waals surface area contributed by atoms with Gasteiger partial charge in [-0.2, -0.15) is 5.10 Å². The number of hydrogen-bond acceptors (Lipinski definition) is 8. The summed E-state index contributed by atoms with van der Waals surface area (Å²) in [5.41, 5.74) is 0.699. The monoisotopic (exact) mass is 348 g/mol. The van der Waals surface area contributed by atoms with E-state index in [0.717, 1.165) is 13.1 Å². The Hall–Kier alpha value is -2.46. The molecule has 126 valence electrons. The van der Waals surface area contributed by atoms with Gasteiger partial charge in [-0.15, -0.1) is 10.2 Å². The minimum atomic E-state index is -0.398. The first-order valence-corrected chi connectivity index (χ1v) is 8.12. The van der Waals surface area contributed by atoms with Gasteiger partial charge in [0.1, 0.15) is 6.33 Å². The molecule has 10 heteroatoms. The van der Waals surface area contributed by atoms with Crippen molar-refractivity contribution in [2.45, 2.75) is 10.1 Å². The highest BCUT2D eigenvalue weighted by Gasteiger charge is 2.17. The van der Waals surface area contributed by atoms with E-state index < -0.39 is 4.92 Å². The predicted octanol–water partition coefficient (Wildman–Crippen LogP) is 1.54. The van der Waals surface area contributed by atoms with Gasteiger partial charge >= 0.3 is 0 Å². The molecule has 2 heterocycles. The number of aromatic nitrogens is 3. The fourth-order valence-electron chi connectivity index (χ4n) is 2.12. The lowest BCUT2D eigenvalue weighted by Crippen LogP contribution is -2.32. The van der Waals surface area contributed by atoms with E-state index in [1.807, 2.05) is 5.01 Å². The molecule has 1 fully saturated rings. The lowest BCUT2D eigenvalue weighted by Gasteiger charge is -2.23. The maximum absolute atomic E-state index is 11.4. The van der Waals surface area contributed by atoms with Crippen LogP contribution in [0.2, 0.25) is 0 Å². The molecule has 0 N–H and O–H groups in total. The quantitative estimate of drug-likeness (QED) is 0.459. The number of hydrogen-bond donors (Lipinski definition) is 0. The van der Waals surface area contributed by atoms with Gasteiger partial charge in [0, 0.05) is 18.7 Å². The van der Waals surface area contributed by atoms with Crippen molar-refractivity contribution < 1.29 is 9.66 Å². The summed E-state index contributed by atoms with van der Waals surface area (Å²) in [6, 6.07) is 5.02. The van der Waals surface area contributed by atoms with Crippen molar-refractivity contribution in [2.24, 2.45) is 12.1 Å². The fraction of sp³-hybridized carbons (Fsp3) is 0.357. The Balaban J connectivity index is 1.80. The van der Waals surface area contributed by atoms with E-state index in [4.69, 9.17) is 4.74 Å². The van der Waals surface area contributed by atoms with E-state index in [1.54, 1.807) is 36.3 Å². The van der Waals surface area contributed by atoms with E-state index in [-0.39, 0.29) is 5.69 Å². The van der Waals surface area contributed by atoms with Crippen molar-refractivity contribution in [1.82, 2.24) is 19.8 Å². The van der Waals surface area contributed by atoms with E-state index in [0.29, 0.717) is 28.8 Å². The van der Waals surface area contributed by atoms with Crippen LogP contribution >= 0.6 is 11.8 Å². The molecular formula is C14H16N6O3S. The molecular weight excluding hydrogens is 332 g/mol. The third-order valence-corrected chi connectivity index (χ3v) is 4.53. The molecule has 24 heavy (non-hydrogen) atoms. The maximum atomic E-state index is 11.4. The number of ether oxygens (including phenoxy) is 1. The Morgan fingerprint density at radius 1 is 1.42 bits per heavy atom. The third kappa shape index (κ3) is 3.89. The highest BCUT2D eigenvalue weighted by atomic mass is 32.2. The number of hydrazone groups is 1. The summed E-state index contributed by atoms with van der Waals surface area (Å²) in [5.74, 6) is 0. The molecule has 9 nitrogen and oxygen atoms in total. The normalized spacial score (nSPS) is 15.1. The summed E-state index contributed by atoms with van der Waals surface area (Å²) in [6.07, 6.45) is 3.19. The van der Waals surface area contributed by atoms with Gasteiger partial charge in [-0.3, -0.25) is 15.1 Å². The first-order chi connectivity index (χ1) is 11.6. The van der Waals surface area contributed by atoms with E-state index in [2.05, 4.69) is 15.3 Å². The molecule has 1 aliphatic heterocycles. The molecule has 0 saturated carbocycles. The van der Waals surface area contributed by atoms with Crippen LogP contribution in [-0.2, 0) is 11.8 Å². The molecule has 3 rings (SSSR count). The van der Waals surface area contributed by atoms with Crippen molar-refractivity contribution in [3.8, 4) is 0 Å². The number of benzene rings is 1. The van der Waals surface area contributed by atoms with Crippen LogP contribution in [0.25, 0.3) is 0 Å². The average Bonchev–Trinajstić information content (AvgIpc) is 2.99. The van der Waals surface area contributed by atoms with Crippen LogP contribution in [0.1, 0.15) is 5.56 Å². The van der Waals surface area contributed by atoms with Crippen LogP contribution in [0.3, 0.4) is 0 Å². The molecule has 0 radical (unpaired) electrons. The Morgan fingerprint density at radius 3 is 2.88 bits per heavy atom. The van der Waals surface area contributed by atoms with Gasteiger partial charge in [0.25, 0.3) is 5.69 Å². The van der Waals surface area contributed by atoms with Gasteiger partial charge in [0.2, 0.25) is 0 Å². The zero-order valence-electron chi connectivity index (χ0n) is 13.0. The van der Waals surface area contributed by atoms with Crippen LogP contribution in [0.4, 0.5) is 5.69 Å². The molecule has 0 unspecified atom stereocenters. The molecule has 0 amide bonds. The van der Waals surface area contributed by atoms with Crippen molar-refractivity contribution in [1.29, 1.82) is 0 Å². The highest BCUT2D eigenvalue weighted by molar-refractivity contribution is 7.99. The zero-order chi connectivity index (χ0) is 16.9. The first-order valence-electron chi connectivity index (χ1n) is 7.30. The number of aryl methyl sites for hydroxylation is 1. The van der Waals surface area contributed by atoms with Crippen molar-refractivity contribution >= 4 is 23.7 Å². The summed E-state index contributed by atoms with van der Waals surface area (Å²) in [4.78, 5) is 11.5. The van der Waals surface area contributed by atoms with Crippen LogP contribution in [0.5, 0.6) is 0 Å². The number of nitrogens with zero attached hydrogens (tertiary/aromatic N) is 6. The van der Waals surface area contributed by atoms with Gasteiger partial charge in [-0.25, -0.2) is 0 Å². The summed E-state index contributed by atoms with van der Waals surface area (Å²) < 4.78 is 6.97. The van der Waals surface area contributed by atoms with Gasteiger partial charge in [0.15, 0.2) is 5.16 Å². The largest absolute Gasteiger partial charge is 0.378 e. The number of nitro groups is 1. The molecule has 0 atom stereocenters. The van der Waals surface area contributed by atoms with Crippen LogP contribution in [0, 0.1) is 10.1 Å². The number of morpholine rings is 1. The van der Waals surface area contributed by atoms with Crippen molar-refractivity contribution in [2.75, 3.05) is 26.3 Å². The highest BCUT2D eigenvalue weighted by Crippen LogP contribution is 2.33. The summed E-state index contributed by atoms with van der Waals surface area (Å²) in [6.45, 7) is 2.73. The summed E-state index contributed by atoms with van der Waals surface area (Å²) in [5, 5.41) is 25.9. The first kappa shape index (κ1) is 16.4. The molecule has 1 aromatic carbocycles. The summed E-state index contributed by atoms with van der Waals surface area (Å²) in [7, 11) is 1.79. The Kier molecular flexibility index (Phi) is 5.06. The Labute approximate surface area is 142 Å². The van der Waals surface area contributed by atoms with Gasteiger partial charge < -0.3 is 9.30 Å². The number of rotatable bonds is 5. The van der Waals surface area contributed by atoms with Crippen molar-refractivity contribution in [3.63, 3.8) is 0 Å². The molecule has 1 aromatic heterocycles. The van der Waals surface area contributed by atoms with Gasteiger partial charge in [0.05, 0.1) is 42.3 Å². The van der Waals surface area contributed by atoms with Crippen LogP contribution in [0.15, 0.2) is 39.7 Å². The molecule has 0 aliphatic carbocycles. The Bertz CT molecular complexity index is 757. The second kappa shape index (κ2) is 7.41.